The Kier molecular flexibility index (Phi) is 3.06. The second-order valence-corrected chi connectivity index (χ2v) is 5.53. The van der Waals surface area contributed by atoms with Crippen molar-refractivity contribution in [3.63, 3.8) is 0 Å². The van der Waals surface area contributed by atoms with E-state index >= 15 is 0 Å². The summed E-state index contributed by atoms with van der Waals surface area (Å²) in [6.45, 7) is 9.88. The van der Waals surface area contributed by atoms with Gasteiger partial charge in [0.05, 0.1) is 12.7 Å². The molecule has 0 unspecified atom stereocenters. The highest BCUT2D eigenvalue weighted by molar-refractivity contribution is 5.00. The van der Waals surface area contributed by atoms with Gasteiger partial charge in [0, 0.05) is 17.5 Å². The van der Waals surface area contributed by atoms with Crippen LogP contribution in [0.15, 0.2) is 0 Å². The topological polar surface area (TPSA) is 38.5 Å². The molecule has 0 saturated carbocycles. The van der Waals surface area contributed by atoms with E-state index in [4.69, 9.17) is 10.5 Å². The lowest BCUT2D eigenvalue weighted by Gasteiger charge is -2.42. The molecule has 0 radical (unpaired) electrons. The first kappa shape index (κ1) is 11.4. The molecule has 88 valence electrons. The molecule has 3 nitrogen and oxygen atoms in total. The van der Waals surface area contributed by atoms with E-state index in [1.807, 2.05) is 0 Å². The summed E-state index contributed by atoms with van der Waals surface area (Å²) in [6.07, 6.45) is 2.66. The molecule has 0 bridgehead atoms. The van der Waals surface area contributed by atoms with E-state index in [2.05, 4.69) is 25.7 Å². The third-order valence-corrected chi connectivity index (χ3v) is 4.37. The van der Waals surface area contributed by atoms with Crippen LogP contribution in [0, 0.1) is 5.41 Å². The zero-order valence-corrected chi connectivity index (χ0v) is 10.2. The van der Waals surface area contributed by atoms with Crippen molar-refractivity contribution in [2.24, 2.45) is 11.1 Å². The zero-order chi connectivity index (χ0) is 11.1. The number of rotatable bonds is 1. The molecule has 2 heterocycles. The Bertz CT molecular complexity index is 222. The van der Waals surface area contributed by atoms with Crippen molar-refractivity contribution in [1.82, 2.24) is 4.90 Å². The van der Waals surface area contributed by atoms with Gasteiger partial charge in [-0.25, -0.2) is 0 Å². The maximum Gasteiger partial charge on any atom is 0.0704 e. The van der Waals surface area contributed by atoms with Crippen LogP contribution in [0.2, 0.25) is 0 Å². The maximum absolute atomic E-state index is 6.27. The number of hydrogen-bond acceptors (Lipinski definition) is 3. The third kappa shape index (κ3) is 1.93. The minimum absolute atomic E-state index is 0.242. The predicted molar refractivity (Wildman–Crippen MR) is 61.8 cm³/mol. The molecule has 0 aromatic heterocycles. The van der Waals surface area contributed by atoms with E-state index in [0.29, 0.717) is 6.04 Å². The Morgan fingerprint density at radius 1 is 1.33 bits per heavy atom. The van der Waals surface area contributed by atoms with Gasteiger partial charge in [-0.05, 0) is 46.7 Å². The normalized spacial score (nSPS) is 36.6. The Balaban J connectivity index is 1.98. The van der Waals surface area contributed by atoms with Gasteiger partial charge < -0.3 is 15.4 Å². The van der Waals surface area contributed by atoms with Crippen LogP contribution < -0.4 is 5.73 Å². The lowest BCUT2D eigenvalue weighted by Crippen LogP contribution is -2.51. The fourth-order valence-corrected chi connectivity index (χ4v) is 2.96. The Hall–Kier alpha value is -0.120. The first-order valence-electron chi connectivity index (χ1n) is 6.16. The van der Waals surface area contributed by atoms with Crippen molar-refractivity contribution in [2.45, 2.75) is 51.8 Å². The van der Waals surface area contributed by atoms with E-state index in [9.17, 15) is 0 Å². The number of ether oxygens (including phenoxy) is 1. The van der Waals surface area contributed by atoms with Crippen LogP contribution in [-0.4, -0.2) is 42.8 Å². The average molecular weight is 212 g/mol. The highest BCUT2D eigenvalue weighted by Gasteiger charge is 2.47. The summed E-state index contributed by atoms with van der Waals surface area (Å²) in [7, 11) is 0. The lowest BCUT2D eigenvalue weighted by molar-refractivity contribution is 0.0566. The molecule has 2 fully saturated rings. The second-order valence-electron chi connectivity index (χ2n) is 5.53. The lowest BCUT2D eigenvalue weighted by atomic mass is 9.73. The molecule has 1 spiro atoms. The molecule has 2 rings (SSSR count). The number of piperidine rings is 1. The summed E-state index contributed by atoms with van der Waals surface area (Å²) in [5.74, 6) is 0. The molecular weight excluding hydrogens is 188 g/mol. The first-order valence-corrected chi connectivity index (χ1v) is 6.16. The molecule has 0 aromatic rings. The predicted octanol–water partition coefficient (Wildman–Crippen LogP) is 1.22. The summed E-state index contributed by atoms with van der Waals surface area (Å²) in [5.41, 5.74) is 6.55. The van der Waals surface area contributed by atoms with Gasteiger partial charge in [-0.3, -0.25) is 0 Å². The fraction of sp³-hybridized carbons (Fsp3) is 1.00. The van der Waals surface area contributed by atoms with Crippen LogP contribution in [0.25, 0.3) is 0 Å². The minimum atomic E-state index is 0.242. The van der Waals surface area contributed by atoms with E-state index < -0.39 is 0 Å². The fourth-order valence-electron chi connectivity index (χ4n) is 2.96. The van der Waals surface area contributed by atoms with E-state index in [1.54, 1.807) is 0 Å². The zero-order valence-electron chi connectivity index (χ0n) is 10.2. The van der Waals surface area contributed by atoms with Crippen LogP contribution in [0.5, 0.6) is 0 Å². The Morgan fingerprint density at radius 2 is 1.93 bits per heavy atom. The van der Waals surface area contributed by atoms with Crippen molar-refractivity contribution in [1.29, 1.82) is 0 Å². The third-order valence-electron chi connectivity index (χ3n) is 4.37. The molecule has 2 aliphatic rings. The largest absolute Gasteiger partial charge is 0.376 e. The van der Waals surface area contributed by atoms with Crippen LogP contribution in [0.3, 0.4) is 0 Å². The van der Waals surface area contributed by atoms with Crippen molar-refractivity contribution in [3.8, 4) is 0 Å². The van der Waals surface area contributed by atoms with Crippen molar-refractivity contribution >= 4 is 0 Å². The molecule has 2 saturated heterocycles. The summed E-state index contributed by atoms with van der Waals surface area (Å²) < 4.78 is 5.71. The molecule has 2 N–H and O–H groups in total. The molecule has 0 aromatic carbocycles. The van der Waals surface area contributed by atoms with Crippen LogP contribution in [0.1, 0.15) is 33.6 Å². The smallest absolute Gasteiger partial charge is 0.0704 e. The first-order chi connectivity index (χ1) is 7.05. The minimum Gasteiger partial charge on any atom is -0.376 e. The average Bonchev–Trinajstić information content (AvgIpc) is 2.48. The van der Waals surface area contributed by atoms with Gasteiger partial charge in [0.1, 0.15) is 0 Å². The summed E-state index contributed by atoms with van der Waals surface area (Å²) in [5, 5.41) is 0. The van der Waals surface area contributed by atoms with Crippen LogP contribution in [0.4, 0.5) is 0 Å². The maximum atomic E-state index is 6.27. The van der Waals surface area contributed by atoms with Gasteiger partial charge in [0.15, 0.2) is 0 Å². The standard InChI is InChI=1S/C12H24N2O/c1-9(2)14-6-4-12(5-7-14)8-15-10(3)11(12)13/h9-11H,4-8,13H2,1-3H3/t10-,11+/m1/s1. The van der Waals surface area contributed by atoms with Gasteiger partial charge >= 0.3 is 0 Å². The number of likely N-dealkylation sites (tertiary alicyclic amines) is 1. The number of nitrogens with two attached hydrogens (primary N) is 1. The molecule has 3 heteroatoms. The quantitative estimate of drug-likeness (QED) is 0.710. The van der Waals surface area contributed by atoms with Gasteiger partial charge in [-0.1, -0.05) is 0 Å². The molecular formula is C12H24N2O. The van der Waals surface area contributed by atoms with Crippen molar-refractivity contribution in [3.05, 3.63) is 0 Å². The molecule has 2 aliphatic heterocycles. The van der Waals surface area contributed by atoms with E-state index in [-0.39, 0.29) is 17.6 Å². The molecule has 0 aliphatic carbocycles. The van der Waals surface area contributed by atoms with Crippen molar-refractivity contribution in [2.75, 3.05) is 19.7 Å². The monoisotopic (exact) mass is 212 g/mol. The molecule has 0 amide bonds. The SMILES string of the molecule is CC(C)N1CCC2(CC1)CO[C@H](C)[C@@H]2N. The molecule has 15 heavy (non-hydrogen) atoms. The number of hydrogen-bond donors (Lipinski definition) is 1. The van der Waals surface area contributed by atoms with E-state index in [0.717, 1.165) is 6.61 Å². The second kappa shape index (κ2) is 4.04. The van der Waals surface area contributed by atoms with E-state index in [1.165, 1.54) is 25.9 Å². The van der Waals surface area contributed by atoms with Crippen LogP contribution >= 0.6 is 0 Å². The highest BCUT2D eigenvalue weighted by Crippen LogP contribution is 2.41. The Morgan fingerprint density at radius 3 is 2.33 bits per heavy atom. The summed E-state index contributed by atoms with van der Waals surface area (Å²) >= 11 is 0. The van der Waals surface area contributed by atoms with Crippen LogP contribution in [-0.2, 0) is 4.74 Å². The van der Waals surface area contributed by atoms with Gasteiger partial charge in [0.25, 0.3) is 0 Å². The van der Waals surface area contributed by atoms with Gasteiger partial charge in [0.2, 0.25) is 0 Å². The number of nitrogens with zero attached hydrogens (tertiary/aromatic N) is 1. The summed E-state index contributed by atoms with van der Waals surface area (Å²) in [4.78, 5) is 2.54. The summed E-state index contributed by atoms with van der Waals surface area (Å²) in [6, 6.07) is 0.908. The van der Waals surface area contributed by atoms with Crippen molar-refractivity contribution < 1.29 is 4.74 Å². The Labute approximate surface area is 93.0 Å². The van der Waals surface area contributed by atoms with Gasteiger partial charge in [-0.2, -0.15) is 0 Å². The molecule has 2 atom stereocenters. The highest BCUT2D eigenvalue weighted by atomic mass is 16.5. The van der Waals surface area contributed by atoms with Gasteiger partial charge in [-0.15, -0.1) is 0 Å².